The molecule has 33 heavy (non-hydrogen) atoms. The number of rotatable bonds is 5. The molecule has 2 aromatic heterocycles. The highest BCUT2D eigenvalue weighted by molar-refractivity contribution is 5.93. The van der Waals surface area contributed by atoms with E-state index in [1.165, 1.54) is 18.7 Å². The summed E-state index contributed by atoms with van der Waals surface area (Å²) in [7, 11) is 1.59. The van der Waals surface area contributed by atoms with Gasteiger partial charge in [-0.2, -0.15) is 23.4 Å². The van der Waals surface area contributed by atoms with Crippen molar-refractivity contribution in [2.24, 2.45) is 11.3 Å². The van der Waals surface area contributed by atoms with Crippen LogP contribution in [0.25, 0.3) is 0 Å². The number of nitrogens with one attached hydrogen (secondary N) is 1. The zero-order valence-electron chi connectivity index (χ0n) is 17.4. The highest BCUT2D eigenvalue weighted by Crippen LogP contribution is 2.42. The lowest BCUT2D eigenvalue weighted by molar-refractivity contribution is -0.192. The zero-order chi connectivity index (χ0) is 24.1. The van der Waals surface area contributed by atoms with Gasteiger partial charge in [-0.15, -0.1) is 0 Å². The van der Waals surface area contributed by atoms with Crippen LogP contribution in [0.1, 0.15) is 10.4 Å². The molecular formula is C19H21F3N6O5. The van der Waals surface area contributed by atoms with E-state index in [2.05, 4.69) is 30.4 Å². The van der Waals surface area contributed by atoms with Crippen molar-refractivity contribution < 1.29 is 37.3 Å². The third kappa shape index (κ3) is 5.83. The van der Waals surface area contributed by atoms with Crippen molar-refractivity contribution in [3.05, 3.63) is 36.4 Å². The molecular weight excluding hydrogens is 449 g/mol. The maximum absolute atomic E-state index is 12.4. The highest BCUT2D eigenvalue weighted by atomic mass is 19.4. The average Bonchev–Trinajstić information content (AvgIpc) is 3.35. The summed E-state index contributed by atoms with van der Waals surface area (Å²) in [5, 5.41) is 17.6. The number of methoxy groups -OCH3 is 1. The molecule has 14 heteroatoms. The van der Waals surface area contributed by atoms with Crippen LogP contribution in [-0.2, 0) is 9.53 Å². The minimum atomic E-state index is -5.08. The van der Waals surface area contributed by atoms with Crippen LogP contribution in [-0.4, -0.2) is 83.3 Å². The van der Waals surface area contributed by atoms with E-state index in [-0.39, 0.29) is 11.3 Å². The van der Waals surface area contributed by atoms with E-state index in [4.69, 9.17) is 19.4 Å². The Hall–Kier alpha value is -3.55. The van der Waals surface area contributed by atoms with Crippen molar-refractivity contribution in [1.29, 1.82) is 0 Å². The van der Waals surface area contributed by atoms with Crippen molar-refractivity contribution in [3.63, 3.8) is 0 Å². The number of hydrogen-bond donors (Lipinski definition) is 2. The smallest absolute Gasteiger partial charge is 0.481 e. The molecule has 2 saturated heterocycles. The normalized spacial score (nSPS) is 21.6. The molecule has 4 rings (SSSR count). The first kappa shape index (κ1) is 24.1. The fourth-order valence-electron chi connectivity index (χ4n) is 3.65. The number of fused-ring (bicyclic) bond motifs is 1. The third-order valence-corrected chi connectivity index (χ3v) is 5.37. The van der Waals surface area contributed by atoms with Crippen LogP contribution < -0.4 is 15.0 Å². The number of carboxylic acid groups (broad SMARTS) is 1. The summed E-state index contributed by atoms with van der Waals surface area (Å²) in [4.78, 5) is 31.9. The molecule has 2 aliphatic heterocycles. The number of amides is 1. The van der Waals surface area contributed by atoms with Gasteiger partial charge in [-0.1, -0.05) is 0 Å². The van der Waals surface area contributed by atoms with Crippen LogP contribution in [0.15, 0.2) is 30.9 Å². The third-order valence-electron chi connectivity index (χ3n) is 5.37. The second kappa shape index (κ2) is 9.94. The molecule has 0 unspecified atom stereocenters. The Morgan fingerprint density at radius 2 is 2.12 bits per heavy atom. The number of carbonyl (C=O) groups is 2. The molecule has 2 N–H and O–H groups in total. The van der Waals surface area contributed by atoms with Gasteiger partial charge in [0.25, 0.3) is 5.91 Å². The fourth-order valence-corrected chi connectivity index (χ4v) is 3.65. The van der Waals surface area contributed by atoms with Gasteiger partial charge >= 0.3 is 12.1 Å². The van der Waals surface area contributed by atoms with Crippen molar-refractivity contribution in [3.8, 4) is 5.88 Å². The topological polar surface area (TPSA) is 140 Å². The molecule has 2 aliphatic rings. The van der Waals surface area contributed by atoms with E-state index in [1.54, 1.807) is 13.2 Å². The molecule has 0 bridgehead atoms. The molecule has 2 fully saturated rings. The van der Waals surface area contributed by atoms with E-state index in [0.29, 0.717) is 37.1 Å². The van der Waals surface area contributed by atoms with Crippen LogP contribution in [0, 0.1) is 11.3 Å². The van der Waals surface area contributed by atoms with E-state index >= 15 is 0 Å². The van der Waals surface area contributed by atoms with Crippen molar-refractivity contribution >= 4 is 17.7 Å². The van der Waals surface area contributed by atoms with Crippen LogP contribution in [0.3, 0.4) is 0 Å². The molecule has 2 atom stereocenters. The molecule has 0 radical (unpaired) electrons. The molecule has 0 aromatic carbocycles. The zero-order valence-corrected chi connectivity index (χ0v) is 17.4. The first-order valence-electron chi connectivity index (χ1n) is 9.68. The van der Waals surface area contributed by atoms with E-state index in [0.717, 1.165) is 18.9 Å². The second-order valence-electron chi connectivity index (χ2n) is 7.49. The van der Waals surface area contributed by atoms with Gasteiger partial charge in [0, 0.05) is 37.0 Å². The van der Waals surface area contributed by atoms with Crippen molar-refractivity contribution in [1.82, 2.24) is 25.5 Å². The van der Waals surface area contributed by atoms with E-state index in [9.17, 15) is 18.0 Å². The lowest BCUT2D eigenvalue weighted by atomic mass is 9.81. The summed E-state index contributed by atoms with van der Waals surface area (Å²) >= 11 is 0. The van der Waals surface area contributed by atoms with Gasteiger partial charge in [0.15, 0.2) is 0 Å². The maximum atomic E-state index is 12.4. The predicted molar refractivity (Wildman–Crippen MR) is 106 cm³/mol. The largest absolute Gasteiger partial charge is 0.490 e. The van der Waals surface area contributed by atoms with E-state index in [1.807, 2.05) is 6.07 Å². The summed E-state index contributed by atoms with van der Waals surface area (Å²) in [6.07, 6.45) is -0.609. The lowest BCUT2D eigenvalue weighted by Crippen LogP contribution is -2.43. The van der Waals surface area contributed by atoms with Crippen molar-refractivity contribution in [2.75, 3.05) is 44.9 Å². The van der Waals surface area contributed by atoms with Crippen LogP contribution in [0.4, 0.5) is 19.0 Å². The van der Waals surface area contributed by atoms with Crippen LogP contribution in [0.2, 0.25) is 0 Å². The van der Waals surface area contributed by atoms with Crippen LogP contribution >= 0.6 is 0 Å². The summed E-state index contributed by atoms with van der Waals surface area (Å²) in [5.74, 6) is -1.21. The Morgan fingerprint density at radius 1 is 1.36 bits per heavy atom. The molecule has 11 nitrogen and oxygen atoms in total. The number of aliphatic carboxylic acids is 1. The molecule has 1 amide bonds. The Kier molecular flexibility index (Phi) is 7.26. The van der Waals surface area contributed by atoms with Gasteiger partial charge < -0.3 is 24.8 Å². The van der Waals surface area contributed by atoms with E-state index < -0.39 is 12.1 Å². The number of aromatic nitrogens is 4. The molecule has 0 spiro atoms. The molecule has 4 heterocycles. The second-order valence-corrected chi connectivity index (χ2v) is 7.49. The minimum absolute atomic E-state index is 0.131. The quantitative estimate of drug-likeness (QED) is 0.645. The Morgan fingerprint density at radius 3 is 2.76 bits per heavy atom. The van der Waals surface area contributed by atoms with Gasteiger partial charge in [-0.3, -0.25) is 4.79 Å². The average molecular weight is 470 g/mol. The number of hydrogen-bond acceptors (Lipinski definition) is 9. The SMILES string of the molecule is COc1cc(N2C[C@@H]3COC[C@]3(CNC(=O)c3ccnnc3)C2)ncn1.O=C(O)C(F)(F)F. The highest BCUT2D eigenvalue weighted by Gasteiger charge is 2.51. The molecule has 2 aromatic rings. The van der Waals surface area contributed by atoms with Gasteiger partial charge in [0.2, 0.25) is 5.88 Å². The number of carbonyl (C=O) groups excluding carboxylic acids is 1. The van der Waals surface area contributed by atoms with Gasteiger partial charge in [-0.25, -0.2) is 14.8 Å². The Labute approximate surface area is 185 Å². The van der Waals surface area contributed by atoms with Crippen LogP contribution in [0.5, 0.6) is 5.88 Å². The lowest BCUT2D eigenvalue weighted by Gasteiger charge is -2.27. The monoisotopic (exact) mass is 470 g/mol. The first-order chi connectivity index (χ1) is 15.6. The summed E-state index contributed by atoms with van der Waals surface area (Å²) in [6.45, 7) is 3.42. The van der Waals surface area contributed by atoms with Gasteiger partial charge in [0.1, 0.15) is 12.1 Å². The number of carboxylic acids is 1. The predicted octanol–water partition coefficient (Wildman–Crippen LogP) is 0.791. The number of alkyl halides is 3. The number of anilines is 1. The van der Waals surface area contributed by atoms with Crippen molar-refractivity contribution in [2.45, 2.75) is 6.18 Å². The summed E-state index contributed by atoms with van der Waals surface area (Å²) in [6, 6.07) is 3.48. The number of ether oxygens (including phenoxy) is 2. The molecule has 0 saturated carbocycles. The van der Waals surface area contributed by atoms with Gasteiger partial charge in [0.05, 0.1) is 38.3 Å². The Bertz CT molecular complexity index is 980. The number of halogens is 3. The summed E-state index contributed by atoms with van der Waals surface area (Å²) in [5.41, 5.74) is 0.371. The molecule has 178 valence electrons. The maximum Gasteiger partial charge on any atom is 0.490 e. The minimum Gasteiger partial charge on any atom is -0.481 e. The summed E-state index contributed by atoms with van der Waals surface area (Å²) < 4.78 is 42.7. The number of nitrogens with zero attached hydrogens (tertiary/aromatic N) is 5. The standard InChI is InChI=1S/C17H20N6O3.C2HF3O2/c1-25-15-4-14(19-11-20-15)23-6-13-7-26-10-17(13,9-23)8-18-16(24)12-2-3-21-22-5-12;3-2(4,5)1(6)7/h2-5,11,13H,6-10H2,1H3,(H,18,24);(H,6,7)/t13-,17+;/m1./s1. The Balaban J connectivity index is 0.000000383. The van der Waals surface area contributed by atoms with Gasteiger partial charge in [-0.05, 0) is 6.07 Å². The first-order valence-corrected chi connectivity index (χ1v) is 9.68. The molecule has 0 aliphatic carbocycles. The fraction of sp³-hybridized carbons (Fsp3) is 0.474.